The minimum atomic E-state index is -0.587. The molecule has 0 aliphatic carbocycles. The number of hydrogen-bond acceptors (Lipinski definition) is 6. The van der Waals surface area contributed by atoms with Gasteiger partial charge in [0, 0.05) is 38.3 Å². The van der Waals surface area contributed by atoms with E-state index < -0.39 is 6.10 Å². The molecule has 0 fully saturated rings. The third kappa shape index (κ3) is 7.82. The highest BCUT2D eigenvalue weighted by Crippen LogP contribution is 2.35. The molecular formula is C28H39N3O4. The van der Waals surface area contributed by atoms with Crippen molar-refractivity contribution in [1.82, 2.24) is 14.7 Å². The standard InChI is InChI=1S/C28H39N3O4/c1-20(2)16-31(17-23(32)19-34-21(3)4)18-26-27(22-11-8-7-9-12-22)29-30(5)28(26)35-25-14-10-13-24(15-25)33-6/h7-15,20-21,23,32H,16-19H2,1-6H3. The molecule has 1 aromatic heterocycles. The van der Waals surface area contributed by atoms with E-state index in [9.17, 15) is 5.11 Å². The summed E-state index contributed by atoms with van der Waals surface area (Å²) in [5, 5.41) is 15.5. The number of hydrogen-bond donors (Lipinski definition) is 1. The van der Waals surface area contributed by atoms with Crippen molar-refractivity contribution < 1.29 is 19.3 Å². The van der Waals surface area contributed by atoms with Gasteiger partial charge in [-0.15, -0.1) is 0 Å². The quantitative estimate of drug-likeness (QED) is 0.365. The Labute approximate surface area is 209 Å². The minimum absolute atomic E-state index is 0.0778. The first-order valence-electron chi connectivity index (χ1n) is 12.2. The van der Waals surface area contributed by atoms with Gasteiger partial charge in [0.15, 0.2) is 0 Å². The predicted octanol–water partition coefficient (Wildman–Crippen LogP) is 5.13. The number of aliphatic hydroxyl groups is 1. The zero-order valence-corrected chi connectivity index (χ0v) is 21.8. The molecule has 7 heteroatoms. The number of aromatic nitrogens is 2. The van der Waals surface area contributed by atoms with Crippen molar-refractivity contribution in [2.45, 2.75) is 46.4 Å². The molecule has 1 unspecified atom stereocenters. The summed E-state index contributed by atoms with van der Waals surface area (Å²) in [7, 11) is 3.53. The summed E-state index contributed by atoms with van der Waals surface area (Å²) >= 11 is 0. The van der Waals surface area contributed by atoms with Crippen molar-refractivity contribution in [3.63, 3.8) is 0 Å². The molecule has 1 atom stereocenters. The van der Waals surface area contributed by atoms with Crippen LogP contribution in [0.4, 0.5) is 0 Å². The first kappa shape index (κ1) is 26.7. The minimum Gasteiger partial charge on any atom is -0.497 e. The number of ether oxygens (including phenoxy) is 3. The number of benzene rings is 2. The Morgan fingerprint density at radius 1 is 0.971 bits per heavy atom. The fourth-order valence-corrected chi connectivity index (χ4v) is 4.02. The van der Waals surface area contributed by atoms with Gasteiger partial charge in [0.25, 0.3) is 0 Å². The van der Waals surface area contributed by atoms with E-state index in [4.69, 9.17) is 19.3 Å². The van der Waals surface area contributed by atoms with Gasteiger partial charge in [-0.2, -0.15) is 5.10 Å². The van der Waals surface area contributed by atoms with Crippen LogP contribution < -0.4 is 9.47 Å². The Kier molecular flexibility index (Phi) is 9.72. The van der Waals surface area contributed by atoms with E-state index >= 15 is 0 Å². The maximum Gasteiger partial charge on any atom is 0.222 e. The third-order valence-corrected chi connectivity index (χ3v) is 5.49. The lowest BCUT2D eigenvalue weighted by Gasteiger charge is -2.27. The molecule has 190 valence electrons. The predicted molar refractivity (Wildman–Crippen MR) is 139 cm³/mol. The first-order chi connectivity index (χ1) is 16.8. The van der Waals surface area contributed by atoms with Crippen LogP contribution in [0.2, 0.25) is 0 Å². The zero-order chi connectivity index (χ0) is 25.4. The normalized spacial score (nSPS) is 12.5. The van der Waals surface area contributed by atoms with E-state index in [1.165, 1.54) is 0 Å². The zero-order valence-electron chi connectivity index (χ0n) is 21.8. The van der Waals surface area contributed by atoms with Crippen LogP contribution in [-0.2, 0) is 18.3 Å². The lowest BCUT2D eigenvalue weighted by Crippen LogP contribution is -2.37. The number of methoxy groups -OCH3 is 1. The van der Waals surface area contributed by atoms with Gasteiger partial charge >= 0.3 is 0 Å². The van der Waals surface area contributed by atoms with Crippen LogP contribution in [0, 0.1) is 5.92 Å². The van der Waals surface area contributed by atoms with Crippen LogP contribution in [-0.4, -0.2) is 58.8 Å². The summed E-state index contributed by atoms with van der Waals surface area (Å²) in [6.07, 6.45) is -0.509. The SMILES string of the molecule is COc1cccc(Oc2c(CN(CC(C)C)CC(O)COC(C)C)c(-c3ccccc3)nn2C)c1. The fraction of sp³-hybridized carbons (Fsp3) is 0.464. The van der Waals surface area contributed by atoms with Crippen molar-refractivity contribution in [2.75, 3.05) is 26.8 Å². The maximum atomic E-state index is 10.7. The van der Waals surface area contributed by atoms with Crippen molar-refractivity contribution in [1.29, 1.82) is 0 Å². The Hall–Kier alpha value is -2.87. The number of aliphatic hydroxyl groups excluding tert-OH is 1. The number of aryl methyl sites for hydroxylation is 1. The lowest BCUT2D eigenvalue weighted by atomic mass is 10.1. The molecule has 0 bridgehead atoms. The highest BCUT2D eigenvalue weighted by atomic mass is 16.5. The van der Waals surface area contributed by atoms with Crippen molar-refractivity contribution in [2.24, 2.45) is 13.0 Å². The van der Waals surface area contributed by atoms with Crippen molar-refractivity contribution in [3.8, 4) is 28.6 Å². The highest BCUT2D eigenvalue weighted by molar-refractivity contribution is 5.65. The molecule has 0 saturated carbocycles. The summed E-state index contributed by atoms with van der Waals surface area (Å²) in [4.78, 5) is 2.25. The summed E-state index contributed by atoms with van der Waals surface area (Å²) in [5.74, 6) is 2.49. The summed E-state index contributed by atoms with van der Waals surface area (Å²) in [6, 6.07) is 17.7. The number of nitrogens with zero attached hydrogens (tertiary/aromatic N) is 3. The molecule has 0 saturated heterocycles. The molecule has 3 rings (SSSR count). The average Bonchev–Trinajstić information content (AvgIpc) is 3.12. The van der Waals surface area contributed by atoms with Gasteiger partial charge in [0.2, 0.25) is 5.88 Å². The largest absolute Gasteiger partial charge is 0.497 e. The van der Waals surface area contributed by atoms with E-state index in [-0.39, 0.29) is 6.10 Å². The molecule has 0 radical (unpaired) electrons. The average molecular weight is 482 g/mol. The van der Waals surface area contributed by atoms with Gasteiger partial charge in [-0.1, -0.05) is 50.2 Å². The van der Waals surface area contributed by atoms with Gasteiger partial charge in [-0.25, -0.2) is 4.68 Å². The Morgan fingerprint density at radius 3 is 2.34 bits per heavy atom. The molecule has 3 aromatic rings. The van der Waals surface area contributed by atoms with Gasteiger partial charge < -0.3 is 19.3 Å². The third-order valence-electron chi connectivity index (χ3n) is 5.49. The van der Waals surface area contributed by atoms with E-state index in [0.717, 1.165) is 29.1 Å². The number of rotatable bonds is 13. The first-order valence-corrected chi connectivity index (χ1v) is 12.2. The van der Waals surface area contributed by atoms with Crippen LogP contribution in [0.25, 0.3) is 11.3 Å². The van der Waals surface area contributed by atoms with E-state index in [2.05, 4.69) is 30.9 Å². The topological polar surface area (TPSA) is 69.0 Å². The molecule has 7 nitrogen and oxygen atoms in total. The molecule has 0 spiro atoms. The summed E-state index contributed by atoms with van der Waals surface area (Å²) in [6.45, 7) is 10.5. The molecule has 35 heavy (non-hydrogen) atoms. The van der Waals surface area contributed by atoms with Crippen LogP contribution in [0.15, 0.2) is 54.6 Å². The highest BCUT2D eigenvalue weighted by Gasteiger charge is 2.24. The lowest BCUT2D eigenvalue weighted by molar-refractivity contribution is -0.0109. The van der Waals surface area contributed by atoms with Crippen molar-refractivity contribution >= 4 is 0 Å². The maximum absolute atomic E-state index is 10.7. The van der Waals surface area contributed by atoms with Crippen LogP contribution >= 0.6 is 0 Å². The van der Waals surface area contributed by atoms with E-state index in [1.807, 2.05) is 63.4 Å². The summed E-state index contributed by atoms with van der Waals surface area (Å²) in [5.41, 5.74) is 2.86. The molecule has 2 aromatic carbocycles. The summed E-state index contributed by atoms with van der Waals surface area (Å²) < 4.78 is 19.2. The second-order valence-electron chi connectivity index (χ2n) is 9.53. The Bertz CT molecular complexity index is 1050. The van der Waals surface area contributed by atoms with Gasteiger partial charge in [0.05, 0.1) is 31.5 Å². The fourth-order valence-electron chi connectivity index (χ4n) is 4.02. The van der Waals surface area contributed by atoms with Crippen molar-refractivity contribution in [3.05, 3.63) is 60.2 Å². The Balaban J connectivity index is 1.96. The van der Waals surface area contributed by atoms with Crippen LogP contribution in [0.5, 0.6) is 17.4 Å². The molecule has 0 amide bonds. The molecular weight excluding hydrogens is 442 g/mol. The smallest absolute Gasteiger partial charge is 0.222 e. The second-order valence-corrected chi connectivity index (χ2v) is 9.53. The van der Waals surface area contributed by atoms with E-state index in [1.54, 1.807) is 11.8 Å². The van der Waals surface area contributed by atoms with E-state index in [0.29, 0.717) is 37.2 Å². The van der Waals surface area contributed by atoms with Gasteiger partial charge in [-0.3, -0.25) is 4.90 Å². The molecule has 1 heterocycles. The van der Waals surface area contributed by atoms with Gasteiger partial charge in [0.1, 0.15) is 17.2 Å². The van der Waals surface area contributed by atoms with Gasteiger partial charge in [-0.05, 0) is 31.9 Å². The molecule has 0 aliphatic rings. The van der Waals surface area contributed by atoms with Crippen LogP contribution in [0.1, 0.15) is 33.3 Å². The van der Waals surface area contributed by atoms with Crippen LogP contribution in [0.3, 0.4) is 0 Å². The second kappa shape index (κ2) is 12.7. The Morgan fingerprint density at radius 2 is 1.69 bits per heavy atom. The molecule has 0 aliphatic heterocycles. The molecule has 1 N–H and O–H groups in total. The monoisotopic (exact) mass is 481 g/mol.